The first kappa shape index (κ1) is 30.8. The van der Waals surface area contributed by atoms with E-state index in [1.165, 1.54) is 25.3 Å². The number of benzene rings is 4. The van der Waals surface area contributed by atoms with E-state index in [1.807, 2.05) is 0 Å². The maximum atomic E-state index is 13.5. The summed E-state index contributed by atoms with van der Waals surface area (Å²) in [4.78, 5) is 12.8. The van der Waals surface area contributed by atoms with Crippen molar-refractivity contribution in [3.63, 3.8) is 0 Å². The third-order valence-corrected chi connectivity index (χ3v) is 7.03. The van der Waals surface area contributed by atoms with Gasteiger partial charge in [0.1, 0.15) is 11.4 Å². The Kier molecular flexibility index (Phi) is 10.0. The summed E-state index contributed by atoms with van der Waals surface area (Å²) in [5.41, 5.74) is 0.544. The number of hydrogen-bond acceptors (Lipinski definition) is 7. The topological polar surface area (TPSA) is 140 Å². The molecule has 0 atom stereocenters. The molecule has 0 heterocycles. The zero-order valence-electron chi connectivity index (χ0n) is 21.0. The summed E-state index contributed by atoms with van der Waals surface area (Å²) in [5.74, 6) is -1.06. The summed E-state index contributed by atoms with van der Waals surface area (Å²) < 4.78 is 37.8. The maximum absolute atomic E-state index is 13.5. The number of azo groups is 1. The van der Waals surface area contributed by atoms with Crippen LogP contribution in [0.2, 0.25) is 10.0 Å². The Hall–Kier alpha value is -2.70. The first-order valence-corrected chi connectivity index (χ1v) is 13.3. The van der Waals surface area contributed by atoms with Crippen LogP contribution in [0.5, 0.6) is 11.5 Å². The minimum atomic E-state index is -4.49. The second kappa shape index (κ2) is 12.6. The summed E-state index contributed by atoms with van der Waals surface area (Å²) >= 11 is 12.3. The van der Waals surface area contributed by atoms with E-state index in [2.05, 4.69) is 15.5 Å². The molecule has 9 nitrogen and oxygen atoms in total. The number of ether oxygens (including phenoxy) is 1. The molecule has 0 aliphatic rings. The number of carbonyl (C=O) groups excluding carboxylic acids is 1. The average Bonchev–Trinajstić information content (AvgIpc) is 2.88. The number of hydrogen-bond donors (Lipinski definition) is 2. The van der Waals surface area contributed by atoms with Crippen molar-refractivity contribution in [3.8, 4) is 11.5 Å². The second-order valence-corrected chi connectivity index (χ2v) is 10.3. The summed E-state index contributed by atoms with van der Waals surface area (Å²) in [7, 11) is -3.07. The van der Waals surface area contributed by atoms with Gasteiger partial charge in [0.2, 0.25) is 0 Å². The molecule has 0 unspecified atom stereocenters. The molecule has 0 aliphatic heterocycles. The summed E-state index contributed by atoms with van der Waals surface area (Å²) in [5, 5.41) is 25.8. The third kappa shape index (κ3) is 6.72. The number of methoxy groups -OCH3 is 1. The Labute approximate surface area is 256 Å². The van der Waals surface area contributed by atoms with Crippen molar-refractivity contribution < 1.29 is 57.2 Å². The van der Waals surface area contributed by atoms with Gasteiger partial charge in [-0.05, 0) is 47.7 Å². The van der Waals surface area contributed by atoms with Gasteiger partial charge < -0.3 is 15.2 Å². The molecule has 0 aromatic heterocycles. The van der Waals surface area contributed by atoms with E-state index in [0.29, 0.717) is 39.2 Å². The van der Waals surface area contributed by atoms with Gasteiger partial charge in [-0.2, -0.15) is 13.5 Å². The molecule has 0 spiro atoms. The number of anilines is 1. The zero-order chi connectivity index (χ0) is 27.6. The molecular weight excluding hydrogens is 576 g/mol. The van der Waals surface area contributed by atoms with Crippen molar-refractivity contribution in [3.05, 3.63) is 81.8 Å². The molecule has 13 heteroatoms. The van der Waals surface area contributed by atoms with E-state index in [1.54, 1.807) is 43.3 Å². The molecule has 0 aliphatic carbocycles. The number of aryl methyl sites for hydroxylation is 1. The van der Waals surface area contributed by atoms with E-state index in [9.17, 15) is 22.9 Å². The molecule has 1 amide bonds. The van der Waals surface area contributed by atoms with Crippen molar-refractivity contribution in [1.29, 1.82) is 0 Å². The van der Waals surface area contributed by atoms with Gasteiger partial charge >= 0.3 is 29.6 Å². The van der Waals surface area contributed by atoms with Crippen LogP contribution in [0.4, 0.5) is 17.1 Å². The number of nitrogens with one attached hydrogen (secondary N) is 1. The number of rotatable bonds is 7. The molecule has 0 saturated carbocycles. The van der Waals surface area contributed by atoms with Gasteiger partial charge in [0.25, 0.3) is 16.0 Å². The fourth-order valence-electron chi connectivity index (χ4n) is 3.79. The van der Waals surface area contributed by atoms with Crippen molar-refractivity contribution in [2.75, 3.05) is 12.4 Å². The van der Waals surface area contributed by atoms with Gasteiger partial charge in [-0.25, -0.2) is 0 Å². The molecule has 0 radical (unpaired) electrons. The minimum Gasteiger partial charge on any atom is -0.870 e. The average molecular weight is 596 g/mol. The molecule has 0 bridgehead atoms. The number of halogens is 2. The normalized spacial score (nSPS) is 11.4. The number of fused-ring (bicyclic) bond motifs is 1. The van der Waals surface area contributed by atoms with Gasteiger partial charge in [-0.3, -0.25) is 9.35 Å². The van der Waals surface area contributed by atoms with Crippen LogP contribution in [0, 0.1) is 0 Å². The summed E-state index contributed by atoms with van der Waals surface area (Å²) in [6, 6.07) is 15.2. The fraction of sp³-hybridized carbons (Fsp3) is 0.115. The molecule has 2 N–H and O–H groups in total. The summed E-state index contributed by atoms with van der Waals surface area (Å²) in [6.45, 7) is 1.74. The Morgan fingerprint density at radius 3 is 2.41 bits per heavy atom. The van der Waals surface area contributed by atoms with Crippen LogP contribution in [0.15, 0.2) is 75.8 Å². The zero-order valence-corrected chi connectivity index (χ0v) is 25.4. The van der Waals surface area contributed by atoms with Gasteiger partial charge in [0.05, 0.1) is 28.4 Å². The van der Waals surface area contributed by atoms with Crippen LogP contribution in [-0.2, 0) is 16.5 Å². The standard InChI is InChI=1S/C26H21Cl2N3O6S.Na/c1-3-14-10-17(38(34,35)36)13-20(28)23(14)30-31-24-18-7-5-4-6-15(18)11-19(25(24)32)26(33)29-21-9-8-16(27)12-22(21)37-2;/h4-13,32H,3H2,1-2H3,(H,29,33)(H,34,35,36);/q;+1/p-1. The monoisotopic (exact) mass is 595 g/mol. The van der Waals surface area contributed by atoms with Crippen LogP contribution >= 0.6 is 23.2 Å². The fourth-order valence-corrected chi connectivity index (χ4v) is 4.86. The maximum Gasteiger partial charge on any atom is 1.00 e. The van der Waals surface area contributed by atoms with Crippen LogP contribution in [0.25, 0.3) is 10.8 Å². The third-order valence-electron chi connectivity index (χ3n) is 5.68. The summed E-state index contributed by atoms with van der Waals surface area (Å²) in [6.07, 6.45) is 0.313. The number of nitrogens with zero attached hydrogens (tertiary/aromatic N) is 2. The van der Waals surface area contributed by atoms with Crippen molar-refractivity contribution in [2.24, 2.45) is 10.2 Å². The minimum absolute atomic E-state index is 0. The van der Waals surface area contributed by atoms with Crippen LogP contribution in [0.3, 0.4) is 0 Å². The van der Waals surface area contributed by atoms with Gasteiger partial charge in [-0.1, -0.05) is 60.1 Å². The van der Waals surface area contributed by atoms with E-state index in [4.69, 9.17) is 27.9 Å². The number of carbonyl (C=O) groups is 1. The molecule has 4 rings (SSSR count). The first-order chi connectivity index (χ1) is 18.0. The SMILES string of the molecule is CCc1cc(S(=O)(=O)O)cc(Cl)c1N=Nc1c([O-])c(C(=O)Nc2ccc(Cl)cc2OC)cc2ccccc12.[Na+]. The van der Waals surface area contributed by atoms with Crippen molar-refractivity contribution in [1.82, 2.24) is 0 Å². The predicted octanol–water partition coefficient (Wildman–Crippen LogP) is 3.71. The van der Waals surface area contributed by atoms with E-state index in [-0.39, 0.29) is 56.4 Å². The Morgan fingerprint density at radius 1 is 1.05 bits per heavy atom. The number of amides is 1. The Balaban J connectivity index is 0.00000420. The predicted molar refractivity (Wildman–Crippen MR) is 144 cm³/mol. The Morgan fingerprint density at radius 2 is 1.74 bits per heavy atom. The van der Waals surface area contributed by atoms with Crippen LogP contribution in [0.1, 0.15) is 22.8 Å². The molecule has 4 aromatic carbocycles. The quantitative estimate of drug-likeness (QED) is 0.189. The van der Waals surface area contributed by atoms with Crippen LogP contribution in [-0.4, -0.2) is 26.0 Å². The molecule has 4 aromatic rings. The first-order valence-electron chi connectivity index (χ1n) is 11.1. The molecule has 0 fully saturated rings. The van der Waals surface area contributed by atoms with Crippen molar-refractivity contribution in [2.45, 2.75) is 18.2 Å². The second-order valence-electron chi connectivity index (χ2n) is 8.06. The molecule has 0 saturated heterocycles. The van der Waals surface area contributed by atoms with E-state index >= 15 is 0 Å². The van der Waals surface area contributed by atoms with Gasteiger partial charge in [0.15, 0.2) is 0 Å². The van der Waals surface area contributed by atoms with E-state index < -0.39 is 21.8 Å². The molecule has 196 valence electrons. The van der Waals surface area contributed by atoms with Gasteiger partial charge in [-0.15, -0.1) is 5.11 Å². The van der Waals surface area contributed by atoms with Crippen molar-refractivity contribution >= 4 is 67.1 Å². The Bertz CT molecular complexity index is 1710. The smallest absolute Gasteiger partial charge is 0.870 e. The molecular formula is C26H20Cl2N3NaO6S. The van der Waals surface area contributed by atoms with Crippen LogP contribution < -0.4 is 44.7 Å². The van der Waals surface area contributed by atoms with E-state index in [0.717, 1.165) is 6.07 Å². The molecule has 39 heavy (non-hydrogen) atoms. The largest absolute Gasteiger partial charge is 1.00 e. The van der Waals surface area contributed by atoms with Gasteiger partial charge in [0, 0.05) is 22.0 Å².